The van der Waals surface area contributed by atoms with Gasteiger partial charge >= 0.3 is 0 Å². The molecule has 0 aliphatic carbocycles. The van der Waals surface area contributed by atoms with Gasteiger partial charge in [-0.25, -0.2) is 8.42 Å². The second-order valence-corrected chi connectivity index (χ2v) is 10.8. The molecule has 9 heteroatoms. The summed E-state index contributed by atoms with van der Waals surface area (Å²) in [7, 11) is -3.72. The Morgan fingerprint density at radius 2 is 1.65 bits per heavy atom. The van der Waals surface area contributed by atoms with Crippen molar-refractivity contribution in [2.75, 3.05) is 36.9 Å². The zero-order valence-corrected chi connectivity index (χ0v) is 20.6. The Bertz CT molecular complexity index is 1100. The van der Waals surface area contributed by atoms with Gasteiger partial charge in [0.25, 0.3) is 0 Å². The second-order valence-electron chi connectivity index (χ2n) is 8.93. The summed E-state index contributed by atoms with van der Waals surface area (Å²) < 4.78 is 37.4. The molecule has 1 fully saturated rings. The minimum atomic E-state index is -3.72. The molecule has 8 nitrogen and oxygen atoms in total. The Morgan fingerprint density at radius 3 is 2.32 bits per heavy atom. The lowest BCUT2D eigenvalue weighted by atomic mass is 10.1. The number of benzene rings is 2. The van der Waals surface area contributed by atoms with Crippen LogP contribution in [0.2, 0.25) is 0 Å². The van der Waals surface area contributed by atoms with Crippen LogP contribution < -0.4 is 19.1 Å². The molecule has 1 N–H and O–H groups in total. The molecule has 184 valence electrons. The lowest BCUT2D eigenvalue weighted by Crippen LogP contribution is -2.47. The number of carbonyl (C=O) groups is 1. The van der Waals surface area contributed by atoms with Crippen molar-refractivity contribution in [2.45, 2.75) is 45.3 Å². The fourth-order valence-electron chi connectivity index (χ4n) is 4.45. The van der Waals surface area contributed by atoms with Crippen LogP contribution in [0, 0.1) is 0 Å². The summed E-state index contributed by atoms with van der Waals surface area (Å²) in [4.78, 5) is 15.4. The Hall–Kier alpha value is -2.78. The number of amides is 1. The summed E-state index contributed by atoms with van der Waals surface area (Å²) in [5, 5.41) is 2.87. The molecule has 1 atom stereocenters. The number of carbonyl (C=O) groups excluding carboxylic acids is 1. The van der Waals surface area contributed by atoms with Crippen LogP contribution in [0.15, 0.2) is 42.5 Å². The van der Waals surface area contributed by atoms with E-state index in [1.54, 1.807) is 25.1 Å². The highest BCUT2D eigenvalue weighted by Gasteiger charge is 2.30. The number of hydrogen-bond acceptors (Lipinski definition) is 6. The fraction of sp³-hybridized carbons (Fsp3) is 0.480. The molecule has 0 saturated carbocycles. The summed E-state index contributed by atoms with van der Waals surface area (Å²) in [5.41, 5.74) is 2.58. The van der Waals surface area contributed by atoms with Gasteiger partial charge in [-0.1, -0.05) is 30.7 Å². The molecular weight excluding hydrogens is 454 g/mol. The summed E-state index contributed by atoms with van der Waals surface area (Å²) >= 11 is 0. The van der Waals surface area contributed by atoms with E-state index in [-0.39, 0.29) is 5.91 Å². The third-order valence-corrected chi connectivity index (χ3v) is 7.45. The van der Waals surface area contributed by atoms with Gasteiger partial charge in [0.15, 0.2) is 11.5 Å². The molecule has 0 spiro atoms. The predicted octanol–water partition coefficient (Wildman–Crippen LogP) is 2.91. The number of sulfonamides is 1. The summed E-state index contributed by atoms with van der Waals surface area (Å²) in [6.07, 6.45) is 4.94. The van der Waals surface area contributed by atoms with Crippen molar-refractivity contribution >= 4 is 21.6 Å². The van der Waals surface area contributed by atoms with Gasteiger partial charge < -0.3 is 14.8 Å². The molecule has 2 aliphatic heterocycles. The number of nitrogens with one attached hydrogen (secondary N) is 1. The molecule has 1 unspecified atom stereocenters. The van der Waals surface area contributed by atoms with Crippen LogP contribution in [0.1, 0.15) is 37.3 Å². The highest BCUT2D eigenvalue weighted by Crippen LogP contribution is 2.35. The van der Waals surface area contributed by atoms with Gasteiger partial charge in [0.2, 0.25) is 15.9 Å². The van der Waals surface area contributed by atoms with E-state index >= 15 is 0 Å². The van der Waals surface area contributed by atoms with Crippen molar-refractivity contribution in [1.29, 1.82) is 0 Å². The zero-order chi connectivity index (χ0) is 24.1. The monoisotopic (exact) mass is 487 g/mol. The van der Waals surface area contributed by atoms with E-state index in [1.807, 2.05) is 12.1 Å². The number of nitrogens with zero attached hydrogens (tertiary/aromatic N) is 2. The van der Waals surface area contributed by atoms with Gasteiger partial charge in [-0.3, -0.25) is 14.0 Å². The van der Waals surface area contributed by atoms with Crippen molar-refractivity contribution in [1.82, 2.24) is 10.2 Å². The van der Waals surface area contributed by atoms with E-state index in [4.69, 9.17) is 9.47 Å². The standard InChI is InChI=1S/C25H33N3O5S/c1-19(28(34(2,30)31)22-10-11-23-24(16-22)33-15-14-32-23)25(29)26-17-20-6-8-21(9-7-20)18-27-12-4-3-5-13-27/h6-11,16,19H,3-5,12-15,17-18H2,1-2H3,(H,26,29). The van der Waals surface area contributed by atoms with Crippen molar-refractivity contribution < 1.29 is 22.7 Å². The number of anilines is 1. The van der Waals surface area contributed by atoms with Crippen molar-refractivity contribution in [3.05, 3.63) is 53.6 Å². The average Bonchev–Trinajstić information content (AvgIpc) is 2.83. The SMILES string of the molecule is CC(C(=O)NCc1ccc(CN2CCCCC2)cc1)N(c1ccc2c(c1)OCCO2)S(C)(=O)=O. The third-order valence-electron chi connectivity index (χ3n) is 6.21. The normalized spacial score (nSPS) is 17.1. The van der Waals surface area contributed by atoms with Crippen molar-refractivity contribution in [3.8, 4) is 11.5 Å². The molecule has 4 rings (SSSR count). The van der Waals surface area contributed by atoms with E-state index in [1.165, 1.54) is 24.8 Å². The van der Waals surface area contributed by atoms with Crippen LogP contribution in [0.3, 0.4) is 0 Å². The maximum Gasteiger partial charge on any atom is 0.243 e. The minimum Gasteiger partial charge on any atom is -0.486 e. The minimum absolute atomic E-state index is 0.325. The van der Waals surface area contributed by atoms with Gasteiger partial charge in [-0.15, -0.1) is 0 Å². The maximum atomic E-state index is 12.9. The number of fused-ring (bicyclic) bond motifs is 1. The molecule has 2 aromatic rings. The molecule has 0 aromatic heterocycles. The van der Waals surface area contributed by atoms with Gasteiger partial charge in [0.05, 0.1) is 11.9 Å². The van der Waals surface area contributed by atoms with Crippen LogP contribution in [-0.4, -0.2) is 57.8 Å². The molecule has 0 bridgehead atoms. The number of likely N-dealkylation sites (tertiary alicyclic amines) is 1. The van der Waals surface area contributed by atoms with Gasteiger partial charge in [0.1, 0.15) is 19.3 Å². The summed E-state index contributed by atoms with van der Waals surface area (Å²) in [5.74, 6) is 0.650. The first kappa shape index (κ1) is 24.3. The zero-order valence-electron chi connectivity index (χ0n) is 19.8. The molecule has 2 aliphatic rings. The van der Waals surface area contributed by atoms with E-state index < -0.39 is 16.1 Å². The smallest absolute Gasteiger partial charge is 0.243 e. The Balaban J connectivity index is 1.39. The predicted molar refractivity (Wildman–Crippen MR) is 132 cm³/mol. The van der Waals surface area contributed by atoms with Crippen LogP contribution in [0.4, 0.5) is 5.69 Å². The number of piperidine rings is 1. The highest BCUT2D eigenvalue weighted by atomic mass is 32.2. The van der Waals surface area contributed by atoms with E-state index in [9.17, 15) is 13.2 Å². The van der Waals surface area contributed by atoms with E-state index in [0.717, 1.165) is 35.8 Å². The Labute approximate surface area is 201 Å². The molecule has 0 radical (unpaired) electrons. The second kappa shape index (κ2) is 10.7. The Kier molecular flexibility index (Phi) is 7.63. The van der Waals surface area contributed by atoms with Crippen molar-refractivity contribution in [3.63, 3.8) is 0 Å². The quantitative estimate of drug-likeness (QED) is 0.616. The maximum absolute atomic E-state index is 12.9. The average molecular weight is 488 g/mol. The first-order chi connectivity index (χ1) is 16.3. The number of hydrogen-bond donors (Lipinski definition) is 1. The third kappa shape index (κ3) is 6.01. The van der Waals surface area contributed by atoms with Crippen LogP contribution >= 0.6 is 0 Å². The molecule has 34 heavy (non-hydrogen) atoms. The summed E-state index contributed by atoms with van der Waals surface area (Å²) in [6.45, 7) is 5.98. The highest BCUT2D eigenvalue weighted by molar-refractivity contribution is 7.92. The molecule has 2 aromatic carbocycles. The summed E-state index contributed by atoms with van der Waals surface area (Å²) in [6, 6.07) is 12.2. The molecular formula is C25H33N3O5S. The van der Waals surface area contributed by atoms with Crippen LogP contribution in [0.25, 0.3) is 0 Å². The lowest BCUT2D eigenvalue weighted by molar-refractivity contribution is -0.122. The van der Waals surface area contributed by atoms with Gasteiger partial charge in [0, 0.05) is 19.2 Å². The van der Waals surface area contributed by atoms with Crippen molar-refractivity contribution in [2.24, 2.45) is 0 Å². The largest absolute Gasteiger partial charge is 0.486 e. The number of ether oxygens (including phenoxy) is 2. The molecule has 1 amide bonds. The van der Waals surface area contributed by atoms with Gasteiger partial charge in [-0.05, 0) is 56.1 Å². The van der Waals surface area contributed by atoms with Crippen LogP contribution in [0.5, 0.6) is 11.5 Å². The van der Waals surface area contributed by atoms with E-state index in [0.29, 0.717) is 36.9 Å². The number of rotatable bonds is 8. The first-order valence-corrected chi connectivity index (χ1v) is 13.6. The first-order valence-electron chi connectivity index (χ1n) is 11.8. The molecule has 1 saturated heterocycles. The van der Waals surface area contributed by atoms with Crippen LogP contribution in [-0.2, 0) is 27.9 Å². The lowest BCUT2D eigenvalue weighted by Gasteiger charge is -2.29. The Morgan fingerprint density at radius 1 is 1.00 bits per heavy atom. The fourth-order valence-corrected chi connectivity index (χ4v) is 5.62. The van der Waals surface area contributed by atoms with E-state index in [2.05, 4.69) is 22.3 Å². The van der Waals surface area contributed by atoms with Gasteiger partial charge in [-0.2, -0.15) is 0 Å². The molecule has 2 heterocycles. The topological polar surface area (TPSA) is 88.2 Å².